The SMILES string of the molecule is CC(CNC(=O)c1cc(C(F)(F)F)nn1-c1ccccc1Cl)c1ccccc1. The molecule has 2 aromatic carbocycles. The monoisotopic (exact) mass is 407 g/mol. The molecule has 3 aromatic rings. The molecular formula is C20H17ClF3N3O. The summed E-state index contributed by atoms with van der Waals surface area (Å²) >= 11 is 6.09. The van der Waals surface area contributed by atoms with Gasteiger partial charge < -0.3 is 5.32 Å². The third-order valence-electron chi connectivity index (χ3n) is 4.25. The van der Waals surface area contributed by atoms with Crippen molar-refractivity contribution in [3.8, 4) is 5.69 Å². The summed E-state index contributed by atoms with van der Waals surface area (Å²) in [6, 6.07) is 16.5. The van der Waals surface area contributed by atoms with Gasteiger partial charge in [-0.25, -0.2) is 4.68 Å². The number of rotatable bonds is 5. The molecule has 0 saturated carbocycles. The summed E-state index contributed by atoms with van der Waals surface area (Å²) in [5.41, 5.74) is -0.186. The van der Waals surface area contributed by atoms with Gasteiger partial charge in [0.05, 0.1) is 10.7 Å². The molecule has 0 bridgehead atoms. The standard InChI is InChI=1S/C20H17ClF3N3O/c1-13(14-7-3-2-4-8-14)12-25-19(28)17-11-18(20(22,23)24)26-27(17)16-10-6-5-9-15(16)21/h2-11,13H,12H2,1H3,(H,25,28). The molecule has 28 heavy (non-hydrogen) atoms. The smallest absolute Gasteiger partial charge is 0.350 e. The van der Waals surface area contributed by atoms with Crippen LogP contribution in [0.4, 0.5) is 13.2 Å². The summed E-state index contributed by atoms with van der Waals surface area (Å²) < 4.78 is 40.4. The van der Waals surface area contributed by atoms with E-state index in [1.54, 1.807) is 12.1 Å². The van der Waals surface area contributed by atoms with E-state index in [1.807, 2.05) is 37.3 Å². The van der Waals surface area contributed by atoms with Gasteiger partial charge in [0, 0.05) is 12.6 Å². The summed E-state index contributed by atoms with van der Waals surface area (Å²) in [7, 11) is 0. The third-order valence-corrected chi connectivity index (χ3v) is 4.57. The zero-order valence-corrected chi connectivity index (χ0v) is 15.6. The van der Waals surface area contributed by atoms with Crippen LogP contribution >= 0.6 is 11.6 Å². The molecule has 1 aromatic heterocycles. The Morgan fingerprint density at radius 2 is 1.79 bits per heavy atom. The Morgan fingerprint density at radius 1 is 1.14 bits per heavy atom. The van der Waals surface area contributed by atoms with Crippen molar-refractivity contribution in [3.63, 3.8) is 0 Å². The number of amides is 1. The molecule has 8 heteroatoms. The Morgan fingerprint density at radius 3 is 2.43 bits per heavy atom. The second-order valence-corrected chi connectivity index (χ2v) is 6.70. The van der Waals surface area contributed by atoms with Crippen molar-refractivity contribution >= 4 is 17.5 Å². The summed E-state index contributed by atoms with van der Waals surface area (Å²) in [5, 5.41) is 6.43. The first-order valence-corrected chi connectivity index (χ1v) is 8.90. The molecule has 1 unspecified atom stereocenters. The van der Waals surface area contributed by atoms with Crippen molar-refractivity contribution in [1.29, 1.82) is 0 Å². The maximum atomic E-state index is 13.2. The molecule has 1 amide bonds. The summed E-state index contributed by atoms with van der Waals surface area (Å²) in [6.07, 6.45) is -4.68. The molecule has 1 heterocycles. The van der Waals surface area contributed by atoms with Gasteiger partial charge in [0.25, 0.3) is 5.91 Å². The van der Waals surface area contributed by atoms with Crippen molar-refractivity contribution < 1.29 is 18.0 Å². The lowest BCUT2D eigenvalue weighted by Crippen LogP contribution is -2.29. The first kappa shape index (κ1) is 19.9. The normalized spacial score (nSPS) is 12.6. The van der Waals surface area contributed by atoms with Gasteiger partial charge in [-0.1, -0.05) is 61.0 Å². The van der Waals surface area contributed by atoms with Crippen LogP contribution in [0.15, 0.2) is 60.7 Å². The Hall–Kier alpha value is -2.80. The number of alkyl halides is 3. The number of benzene rings is 2. The predicted molar refractivity (Wildman–Crippen MR) is 101 cm³/mol. The number of nitrogens with zero attached hydrogens (tertiary/aromatic N) is 2. The van der Waals surface area contributed by atoms with Gasteiger partial charge in [-0.15, -0.1) is 0 Å². The highest BCUT2D eigenvalue weighted by Crippen LogP contribution is 2.31. The van der Waals surface area contributed by atoms with Gasteiger partial charge in [0.1, 0.15) is 5.69 Å². The van der Waals surface area contributed by atoms with E-state index in [9.17, 15) is 18.0 Å². The van der Waals surface area contributed by atoms with Crippen LogP contribution in [-0.4, -0.2) is 22.2 Å². The molecule has 0 radical (unpaired) electrons. The van der Waals surface area contributed by atoms with Crippen LogP contribution in [0.2, 0.25) is 5.02 Å². The molecule has 0 fully saturated rings. The Labute approximate surface area is 164 Å². The van der Waals surface area contributed by atoms with Crippen molar-refractivity contribution in [2.24, 2.45) is 0 Å². The quantitative estimate of drug-likeness (QED) is 0.641. The molecule has 4 nitrogen and oxygen atoms in total. The molecule has 0 aliphatic heterocycles. The van der Waals surface area contributed by atoms with Crippen LogP contribution in [0, 0.1) is 0 Å². The second kappa shape index (κ2) is 8.06. The van der Waals surface area contributed by atoms with Crippen LogP contribution in [0.3, 0.4) is 0 Å². The highest BCUT2D eigenvalue weighted by atomic mass is 35.5. The molecule has 3 rings (SSSR count). The van der Waals surface area contributed by atoms with Gasteiger partial charge >= 0.3 is 6.18 Å². The molecule has 0 spiro atoms. The first-order valence-electron chi connectivity index (χ1n) is 8.52. The van der Waals surface area contributed by atoms with Crippen molar-refractivity contribution in [2.45, 2.75) is 19.0 Å². The highest BCUT2D eigenvalue weighted by Gasteiger charge is 2.36. The average molecular weight is 408 g/mol. The Bertz CT molecular complexity index is 970. The average Bonchev–Trinajstić information content (AvgIpc) is 3.12. The lowest BCUT2D eigenvalue weighted by Gasteiger charge is -2.14. The van der Waals surface area contributed by atoms with Gasteiger partial charge in [0.15, 0.2) is 5.69 Å². The van der Waals surface area contributed by atoms with Crippen molar-refractivity contribution in [3.05, 3.63) is 82.6 Å². The minimum atomic E-state index is -4.68. The third kappa shape index (κ3) is 4.36. The fraction of sp³-hybridized carbons (Fsp3) is 0.200. The largest absolute Gasteiger partial charge is 0.435 e. The fourth-order valence-electron chi connectivity index (χ4n) is 2.72. The summed E-state index contributed by atoms with van der Waals surface area (Å²) in [5.74, 6) is -0.672. The first-order chi connectivity index (χ1) is 13.3. The number of carbonyl (C=O) groups excluding carboxylic acids is 1. The van der Waals surface area contributed by atoms with E-state index in [4.69, 9.17) is 11.6 Å². The molecule has 0 aliphatic rings. The zero-order valence-electron chi connectivity index (χ0n) is 14.9. The molecule has 146 valence electrons. The molecular weight excluding hydrogens is 391 g/mol. The van der Waals surface area contributed by atoms with E-state index in [1.165, 1.54) is 12.1 Å². The highest BCUT2D eigenvalue weighted by molar-refractivity contribution is 6.32. The van der Waals surface area contributed by atoms with E-state index in [-0.39, 0.29) is 28.9 Å². The maximum Gasteiger partial charge on any atom is 0.435 e. The van der Waals surface area contributed by atoms with Crippen LogP contribution in [0.1, 0.15) is 34.6 Å². The number of hydrogen-bond acceptors (Lipinski definition) is 2. The van der Waals surface area contributed by atoms with E-state index >= 15 is 0 Å². The van der Waals surface area contributed by atoms with Gasteiger partial charge in [-0.3, -0.25) is 4.79 Å². The molecule has 1 atom stereocenters. The van der Waals surface area contributed by atoms with E-state index in [0.717, 1.165) is 16.3 Å². The maximum absolute atomic E-state index is 13.2. The molecule has 1 N–H and O–H groups in total. The zero-order chi connectivity index (χ0) is 20.3. The lowest BCUT2D eigenvalue weighted by atomic mass is 10.0. The van der Waals surface area contributed by atoms with Gasteiger partial charge in [-0.2, -0.15) is 18.3 Å². The fourth-order valence-corrected chi connectivity index (χ4v) is 2.94. The predicted octanol–water partition coefficient (Wildman–Crippen LogP) is 5.08. The van der Waals surface area contributed by atoms with Gasteiger partial charge in [0.2, 0.25) is 0 Å². The van der Waals surface area contributed by atoms with Crippen LogP contribution in [0.5, 0.6) is 0 Å². The van der Waals surface area contributed by atoms with Crippen molar-refractivity contribution in [1.82, 2.24) is 15.1 Å². The van der Waals surface area contributed by atoms with Crippen molar-refractivity contribution in [2.75, 3.05) is 6.54 Å². The lowest BCUT2D eigenvalue weighted by molar-refractivity contribution is -0.141. The molecule has 0 saturated heterocycles. The van der Waals surface area contributed by atoms with Crippen LogP contribution in [-0.2, 0) is 6.18 Å². The number of carbonyl (C=O) groups is 1. The van der Waals surface area contributed by atoms with E-state index in [2.05, 4.69) is 10.4 Å². The minimum absolute atomic E-state index is 0.0103. The summed E-state index contributed by atoms with van der Waals surface area (Å²) in [6.45, 7) is 2.18. The topological polar surface area (TPSA) is 46.9 Å². The van der Waals surface area contributed by atoms with Crippen LogP contribution < -0.4 is 5.32 Å². The number of nitrogens with one attached hydrogen (secondary N) is 1. The number of para-hydroxylation sites is 1. The van der Waals surface area contributed by atoms with Gasteiger partial charge in [-0.05, 0) is 23.6 Å². The number of aromatic nitrogens is 2. The summed E-state index contributed by atoms with van der Waals surface area (Å²) in [4.78, 5) is 12.6. The van der Waals surface area contributed by atoms with E-state index in [0.29, 0.717) is 0 Å². The second-order valence-electron chi connectivity index (χ2n) is 6.30. The van der Waals surface area contributed by atoms with Crippen LogP contribution in [0.25, 0.3) is 5.69 Å². The number of hydrogen-bond donors (Lipinski definition) is 1. The minimum Gasteiger partial charge on any atom is -0.350 e. The number of halogens is 4. The Balaban J connectivity index is 1.88. The Kier molecular flexibility index (Phi) is 5.74. The molecule has 0 aliphatic carbocycles. The van der Waals surface area contributed by atoms with E-state index < -0.39 is 17.8 Å².